The molecular weight excluding hydrogens is 430 g/mol. The normalized spacial score (nSPS) is 12.0. The van der Waals surface area contributed by atoms with Gasteiger partial charge in [-0.05, 0) is 50.1 Å². The summed E-state index contributed by atoms with van der Waals surface area (Å²) in [6.07, 6.45) is 3.32. The molecule has 3 rings (SSSR count). The van der Waals surface area contributed by atoms with Crippen LogP contribution in [0.5, 0.6) is 5.75 Å². The van der Waals surface area contributed by atoms with Gasteiger partial charge in [-0.3, -0.25) is 14.2 Å². The fourth-order valence-corrected chi connectivity index (χ4v) is 4.17. The van der Waals surface area contributed by atoms with Crippen LogP contribution in [0.2, 0.25) is 0 Å². The zero-order valence-electron chi connectivity index (χ0n) is 20.8. The van der Waals surface area contributed by atoms with Crippen molar-refractivity contribution in [2.75, 3.05) is 27.4 Å². The number of para-hydroxylation sites is 1. The third-order valence-corrected chi connectivity index (χ3v) is 6.07. The van der Waals surface area contributed by atoms with Crippen molar-refractivity contribution in [2.24, 2.45) is 0 Å². The predicted molar refractivity (Wildman–Crippen MR) is 135 cm³/mol. The molecular formula is C27H35N3O4. The Hall–Kier alpha value is -3.19. The summed E-state index contributed by atoms with van der Waals surface area (Å²) < 4.78 is 12.5. The number of ether oxygens (including phenoxy) is 2. The number of amides is 1. The summed E-state index contributed by atoms with van der Waals surface area (Å²) in [5, 5.41) is 0.514. The molecule has 0 aliphatic heterocycles. The van der Waals surface area contributed by atoms with E-state index in [1.54, 1.807) is 29.8 Å². The number of aromatic nitrogens is 2. The van der Waals surface area contributed by atoms with Gasteiger partial charge in [0.05, 0.1) is 36.3 Å². The second-order valence-corrected chi connectivity index (χ2v) is 8.52. The Kier molecular flexibility index (Phi) is 8.82. The van der Waals surface area contributed by atoms with Crippen molar-refractivity contribution in [3.05, 3.63) is 64.2 Å². The SMILES string of the molecule is CCCCCC(=O)N(CCOC)C(C)c1nc2ccccc2c(=O)n1-c1cc(C)ccc1OC. The highest BCUT2D eigenvalue weighted by Gasteiger charge is 2.27. The van der Waals surface area contributed by atoms with Crippen molar-refractivity contribution in [1.29, 1.82) is 0 Å². The van der Waals surface area contributed by atoms with E-state index >= 15 is 0 Å². The van der Waals surface area contributed by atoms with Crippen molar-refractivity contribution < 1.29 is 14.3 Å². The molecule has 2 aromatic carbocycles. The first kappa shape index (κ1) is 25.4. The van der Waals surface area contributed by atoms with Crippen LogP contribution in [0.4, 0.5) is 0 Å². The third-order valence-electron chi connectivity index (χ3n) is 6.07. The average Bonchev–Trinajstić information content (AvgIpc) is 2.84. The van der Waals surface area contributed by atoms with E-state index in [4.69, 9.17) is 14.5 Å². The lowest BCUT2D eigenvalue weighted by molar-refractivity contribution is -0.134. The molecule has 0 spiro atoms. The number of nitrogens with zero attached hydrogens (tertiary/aromatic N) is 3. The van der Waals surface area contributed by atoms with Crippen LogP contribution in [-0.4, -0.2) is 47.7 Å². The quantitative estimate of drug-likeness (QED) is 0.380. The van der Waals surface area contributed by atoms with Gasteiger partial charge in [0.1, 0.15) is 11.6 Å². The van der Waals surface area contributed by atoms with Gasteiger partial charge in [0, 0.05) is 20.1 Å². The van der Waals surface area contributed by atoms with E-state index in [1.165, 1.54) is 0 Å². The molecule has 0 saturated heterocycles. The van der Waals surface area contributed by atoms with Crippen LogP contribution in [0.1, 0.15) is 57.0 Å². The predicted octanol–water partition coefficient (Wildman–Crippen LogP) is 4.82. The van der Waals surface area contributed by atoms with Gasteiger partial charge < -0.3 is 14.4 Å². The molecule has 0 bridgehead atoms. The van der Waals surface area contributed by atoms with Crippen LogP contribution in [0.25, 0.3) is 16.6 Å². The minimum Gasteiger partial charge on any atom is -0.495 e. The third kappa shape index (κ3) is 5.47. The maximum Gasteiger partial charge on any atom is 0.266 e. The molecule has 0 saturated carbocycles. The Morgan fingerprint density at radius 1 is 1.15 bits per heavy atom. The molecule has 34 heavy (non-hydrogen) atoms. The standard InChI is InChI=1S/C27H35N3O4/c1-6-7-8-13-25(31)29(16-17-33-4)20(3)26-28-22-12-10-9-11-21(22)27(32)30(26)23-18-19(2)14-15-24(23)34-5/h9-12,14-15,18,20H,6-8,13,16-17H2,1-5H3. The number of fused-ring (bicyclic) bond motifs is 1. The molecule has 0 fully saturated rings. The van der Waals surface area contributed by atoms with Crippen molar-refractivity contribution in [1.82, 2.24) is 14.5 Å². The van der Waals surface area contributed by atoms with Gasteiger partial charge in [-0.2, -0.15) is 0 Å². The van der Waals surface area contributed by atoms with Crippen LogP contribution < -0.4 is 10.3 Å². The summed E-state index contributed by atoms with van der Waals surface area (Å²) in [6, 6.07) is 12.5. The number of rotatable bonds is 11. The molecule has 182 valence electrons. The lowest BCUT2D eigenvalue weighted by Gasteiger charge is -2.31. The van der Waals surface area contributed by atoms with Crippen LogP contribution in [0, 0.1) is 6.92 Å². The number of benzene rings is 2. The molecule has 1 aromatic heterocycles. The molecule has 1 amide bonds. The highest BCUT2D eigenvalue weighted by Crippen LogP contribution is 2.29. The summed E-state index contributed by atoms with van der Waals surface area (Å²) in [5.41, 5.74) is 2.00. The number of unbranched alkanes of at least 4 members (excludes halogenated alkanes) is 2. The summed E-state index contributed by atoms with van der Waals surface area (Å²) in [7, 11) is 3.20. The van der Waals surface area contributed by atoms with E-state index in [9.17, 15) is 9.59 Å². The Morgan fingerprint density at radius 3 is 2.62 bits per heavy atom. The molecule has 0 aliphatic carbocycles. The first-order chi connectivity index (χ1) is 16.4. The minimum atomic E-state index is -0.452. The summed E-state index contributed by atoms with van der Waals surface area (Å²) >= 11 is 0. The lowest BCUT2D eigenvalue weighted by atomic mass is 10.1. The zero-order chi connectivity index (χ0) is 24.7. The highest BCUT2D eigenvalue weighted by atomic mass is 16.5. The number of hydrogen-bond donors (Lipinski definition) is 0. The topological polar surface area (TPSA) is 73.7 Å². The molecule has 0 N–H and O–H groups in total. The van der Waals surface area contributed by atoms with Crippen LogP contribution >= 0.6 is 0 Å². The number of carbonyl (C=O) groups excluding carboxylic acids is 1. The molecule has 0 radical (unpaired) electrons. The number of methoxy groups -OCH3 is 2. The zero-order valence-corrected chi connectivity index (χ0v) is 20.8. The van der Waals surface area contributed by atoms with E-state index < -0.39 is 6.04 Å². The van der Waals surface area contributed by atoms with E-state index in [1.807, 2.05) is 50.2 Å². The Balaban J connectivity index is 2.21. The van der Waals surface area contributed by atoms with E-state index in [0.29, 0.717) is 47.7 Å². The second-order valence-electron chi connectivity index (χ2n) is 8.52. The number of hydrogen-bond acceptors (Lipinski definition) is 5. The summed E-state index contributed by atoms with van der Waals surface area (Å²) in [6.45, 7) is 6.81. The first-order valence-electron chi connectivity index (χ1n) is 11.9. The maximum absolute atomic E-state index is 13.8. The van der Waals surface area contributed by atoms with Gasteiger partial charge in [-0.25, -0.2) is 4.98 Å². The number of carbonyl (C=O) groups is 1. The fraction of sp³-hybridized carbons (Fsp3) is 0.444. The monoisotopic (exact) mass is 465 g/mol. The van der Waals surface area contributed by atoms with Crippen LogP contribution in [0.3, 0.4) is 0 Å². The van der Waals surface area contributed by atoms with Gasteiger partial charge in [-0.1, -0.05) is 38.0 Å². The van der Waals surface area contributed by atoms with E-state index in [0.717, 1.165) is 24.8 Å². The van der Waals surface area contributed by atoms with Gasteiger partial charge in [0.15, 0.2) is 0 Å². The highest BCUT2D eigenvalue weighted by molar-refractivity contribution is 5.79. The van der Waals surface area contributed by atoms with Crippen molar-refractivity contribution >= 4 is 16.8 Å². The largest absolute Gasteiger partial charge is 0.495 e. The van der Waals surface area contributed by atoms with Gasteiger partial charge in [0.25, 0.3) is 5.56 Å². The van der Waals surface area contributed by atoms with Gasteiger partial charge >= 0.3 is 0 Å². The van der Waals surface area contributed by atoms with Crippen molar-refractivity contribution in [3.63, 3.8) is 0 Å². The Labute approximate surface area is 201 Å². The first-order valence-corrected chi connectivity index (χ1v) is 11.9. The summed E-state index contributed by atoms with van der Waals surface area (Å²) in [5.74, 6) is 1.09. The second kappa shape index (κ2) is 11.8. The molecule has 3 aromatic rings. The molecule has 1 heterocycles. The molecule has 0 aliphatic rings. The van der Waals surface area contributed by atoms with Crippen molar-refractivity contribution in [2.45, 2.75) is 52.5 Å². The summed E-state index contributed by atoms with van der Waals surface area (Å²) in [4.78, 5) is 33.7. The minimum absolute atomic E-state index is 0.0307. The smallest absolute Gasteiger partial charge is 0.266 e. The average molecular weight is 466 g/mol. The van der Waals surface area contributed by atoms with E-state index in [-0.39, 0.29) is 11.5 Å². The fourth-order valence-electron chi connectivity index (χ4n) is 4.17. The van der Waals surface area contributed by atoms with Crippen LogP contribution in [-0.2, 0) is 9.53 Å². The molecule has 7 heteroatoms. The molecule has 1 unspecified atom stereocenters. The van der Waals surface area contributed by atoms with Gasteiger partial charge in [0.2, 0.25) is 5.91 Å². The van der Waals surface area contributed by atoms with Gasteiger partial charge in [-0.15, -0.1) is 0 Å². The number of aryl methyl sites for hydroxylation is 1. The molecule has 1 atom stereocenters. The van der Waals surface area contributed by atoms with Crippen LogP contribution in [0.15, 0.2) is 47.3 Å². The maximum atomic E-state index is 13.8. The Morgan fingerprint density at radius 2 is 1.91 bits per heavy atom. The van der Waals surface area contributed by atoms with E-state index in [2.05, 4.69) is 6.92 Å². The molecule has 7 nitrogen and oxygen atoms in total. The van der Waals surface area contributed by atoms with Crippen molar-refractivity contribution in [3.8, 4) is 11.4 Å². The lowest BCUT2D eigenvalue weighted by Crippen LogP contribution is -2.39. The Bertz CT molecular complexity index is 1190.